The third-order valence-corrected chi connectivity index (χ3v) is 6.70. The number of hydrogen-bond acceptors (Lipinski definition) is 5. The molecule has 0 spiro atoms. The number of hydrogen-bond donors (Lipinski definition) is 1. The van der Waals surface area contributed by atoms with Crippen LogP contribution in [0.1, 0.15) is 13.8 Å². The highest BCUT2D eigenvalue weighted by atomic mass is 79.9. The van der Waals surface area contributed by atoms with Gasteiger partial charge in [0.15, 0.2) is 0 Å². The van der Waals surface area contributed by atoms with Gasteiger partial charge in [0.25, 0.3) is 10.0 Å². The number of sulfonamides is 1. The molecule has 0 radical (unpaired) electrons. The van der Waals surface area contributed by atoms with Gasteiger partial charge in [0.1, 0.15) is 4.21 Å². The summed E-state index contributed by atoms with van der Waals surface area (Å²) in [5.74, 6) is 0. The Hall–Kier alpha value is 0.01000. The summed E-state index contributed by atoms with van der Waals surface area (Å²) < 4.78 is 33.1. The third-order valence-electron chi connectivity index (χ3n) is 2.80. The van der Waals surface area contributed by atoms with Crippen LogP contribution in [0, 0.1) is 0 Å². The smallest absolute Gasteiger partial charge is 0.252 e. The van der Waals surface area contributed by atoms with E-state index < -0.39 is 21.7 Å². The van der Waals surface area contributed by atoms with Crippen LogP contribution in [0.15, 0.2) is 20.1 Å². The van der Waals surface area contributed by atoms with Crippen molar-refractivity contribution in [1.82, 2.24) is 4.31 Å². The van der Waals surface area contributed by atoms with Crippen LogP contribution in [-0.2, 0) is 14.8 Å². The summed E-state index contributed by atoms with van der Waals surface area (Å²) in [6, 6.07) is 3.30. The van der Waals surface area contributed by atoms with Crippen molar-refractivity contribution < 1.29 is 18.3 Å². The Morgan fingerprint density at radius 3 is 2.79 bits per heavy atom. The predicted molar refractivity (Wildman–Crippen MR) is 76.8 cm³/mol. The molecule has 0 aromatic carbocycles. The molecule has 1 fully saturated rings. The van der Waals surface area contributed by atoms with E-state index >= 15 is 0 Å². The van der Waals surface area contributed by atoms with Crippen LogP contribution in [0.5, 0.6) is 0 Å². The van der Waals surface area contributed by atoms with Gasteiger partial charge in [0, 0.05) is 13.1 Å². The number of halogens is 1. The van der Waals surface area contributed by atoms with Crippen molar-refractivity contribution in [3.63, 3.8) is 0 Å². The summed E-state index contributed by atoms with van der Waals surface area (Å²) in [5, 5.41) is 9.23. The minimum atomic E-state index is -3.52. The quantitative estimate of drug-likeness (QED) is 0.879. The highest BCUT2D eigenvalue weighted by molar-refractivity contribution is 9.11. The molecule has 1 unspecified atom stereocenters. The van der Waals surface area contributed by atoms with Crippen molar-refractivity contribution in [2.45, 2.75) is 29.8 Å². The standard InChI is InChI=1S/C11H16BrNO4S2/c1-11(2)7-13(5-8(6-14)17-11)19(15,16)10-4-3-9(12)18-10/h3-4,8,14H,5-7H2,1-2H3. The molecule has 1 saturated heterocycles. The minimum absolute atomic E-state index is 0.178. The van der Waals surface area contributed by atoms with Gasteiger partial charge in [-0.3, -0.25) is 0 Å². The van der Waals surface area contributed by atoms with Gasteiger partial charge < -0.3 is 9.84 Å². The molecular formula is C11H16BrNO4S2. The van der Waals surface area contributed by atoms with Gasteiger partial charge in [0.2, 0.25) is 0 Å². The first kappa shape index (κ1) is 15.4. The monoisotopic (exact) mass is 369 g/mol. The van der Waals surface area contributed by atoms with Crippen LogP contribution in [0.25, 0.3) is 0 Å². The lowest BCUT2D eigenvalue weighted by Crippen LogP contribution is -2.55. The molecule has 0 bridgehead atoms. The Labute approximate surface area is 125 Å². The van der Waals surface area contributed by atoms with E-state index in [1.165, 1.54) is 15.6 Å². The molecule has 1 aromatic heterocycles. The summed E-state index contributed by atoms with van der Waals surface area (Å²) in [6.45, 7) is 3.91. The van der Waals surface area contributed by atoms with E-state index in [4.69, 9.17) is 4.74 Å². The number of ether oxygens (including phenoxy) is 1. The molecule has 1 aliphatic heterocycles. The zero-order valence-corrected chi connectivity index (χ0v) is 13.9. The van der Waals surface area contributed by atoms with Crippen molar-refractivity contribution in [3.05, 3.63) is 15.9 Å². The normalized spacial score (nSPS) is 24.5. The molecule has 1 aliphatic rings. The fourth-order valence-corrected chi connectivity index (χ4v) is 5.87. The Kier molecular flexibility index (Phi) is 4.39. The zero-order valence-electron chi connectivity index (χ0n) is 10.7. The molecule has 0 saturated carbocycles. The summed E-state index contributed by atoms with van der Waals surface area (Å²) in [4.78, 5) is 0. The maximum Gasteiger partial charge on any atom is 0.252 e. The van der Waals surface area contributed by atoms with E-state index in [-0.39, 0.29) is 19.7 Å². The Balaban J connectivity index is 2.29. The molecule has 2 rings (SSSR count). The van der Waals surface area contributed by atoms with Gasteiger partial charge in [-0.2, -0.15) is 4.31 Å². The Morgan fingerprint density at radius 2 is 2.26 bits per heavy atom. The highest BCUT2D eigenvalue weighted by Crippen LogP contribution is 2.31. The minimum Gasteiger partial charge on any atom is -0.394 e. The summed E-state index contributed by atoms with van der Waals surface area (Å²) >= 11 is 4.45. The van der Waals surface area contributed by atoms with Crippen LogP contribution < -0.4 is 0 Å². The van der Waals surface area contributed by atoms with Crippen LogP contribution in [0.2, 0.25) is 0 Å². The second-order valence-electron chi connectivity index (χ2n) is 5.04. The maximum atomic E-state index is 12.5. The first-order valence-corrected chi connectivity index (χ1v) is 8.84. The predicted octanol–water partition coefficient (Wildman–Crippen LogP) is 1.67. The second-order valence-corrected chi connectivity index (χ2v) is 9.67. The zero-order chi connectivity index (χ0) is 14.3. The van der Waals surface area contributed by atoms with Gasteiger partial charge in [-0.25, -0.2) is 8.42 Å². The highest BCUT2D eigenvalue weighted by Gasteiger charge is 2.39. The molecule has 108 valence electrons. The van der Waals surface area contributed by atoms with Crippen LogP contribution >= 0.6 is 27.3 Å². The van der Waals surface area contributed by atoms with Crippen LogP contribution in [0.3, 0.4) is 0 Å². The van der Waals surface area contributed by atoms with Crippen molar-refractivity contribution in [2.75, 3.05) is 19.7 Å². The topological polar surface area (TPSA) is 66.8 Å². The number of nitrogens with zero attached hydrogens (tertiary/aromatic N) is 1. The molecule has 0 amide bonds. The first-order chi connectivity index (χ1) is 8.74. The maximum absolute atomic E-state index is 12.5. The average Bonchev–Trinajstić information content (AvgIpc) is 2.74. The molecular weight excluding hydrogens is 354 g/mol. The number of aliphatic hydroxyl groups excluding tert-OH is 1. The van der Waals surface area contributed by atoms with E-state index in [2.05, 4.69) is 15.9 Å². The van der Waals surface area contributed by atoms with Crippen LogP contribution in [0.4, 0.5) is 0 Å². The van der Waals surface area contributed by atoms with E-state index in [0.29, 0.717) is 4.21 Å². The number of thiophene rings is 1. The number of rotatable bonds is 3. The first-order valence-electron chi connectivity index (χ1n) is 5.79. The third kappa shape index (κ3) is 3.37. The van der Waals surface area contributed by atoms with Crippen molar-refractivity contribution >= 4 is 37.3 Å². The largest absolute Gasteiger partial charge is 0.394 e. The van der Waals surface area contributed by atoms with Gasteiger partial charge in [-0.05, 0) is 41.9 Å². The molecule has 1 N–H and O–H groups in total. The molecule has 5 nitrogen and oxygen atoms in total. The molecule has 1 atom stereocenters. The number of aliphatic hydroxyl groups is 1. The lowest BCUT2D eigenvalue weighted by molar-refractivity contribution is -0.131. The Morgan fingerprint density at radius 1 is 1.58 bits per heavy atom. The van der Waals surface area contributed by atoms with E-state index in [0.717, 1.165) is 3.79 Å². The van der Waals surface area contributed by atoms with Crippen molar-refractivity contribution in [1.29, 1.82) is 0 Å². The van der Waals surface area contributed by atoms with E-state index in [9.17, 15) is 13.5 Å². The fourth-order valence-electron chi connectivity index (χ4n) is 2.08. The summed E-state index contributed by atoms with van der Waals surface area (Å²) in [5.41, 5.74) is -0.604. The summed E-state index contributed by atoms with van der Waals surface area (Å²) in [7, 11) is -3.52. The van der Waals surface area contributed by atoms with E-state index in [1.54, 1.807) is 12.1 Å². The fraction of sp³-hybridized carbons (Fsp3) is 0.636. The van der Waals surface area contributed by atoms with Crippen molar-refractivity contribution in [3.8, 4) is 0 Å². The molecule has 0 aliphatic carbocycles. The average molecular weight is 370 g/mol. The van der Waals surface area contributed by atoms with Crippen LogP contribution in [-0.4, -0.2) is 49.2 Å². The van der Waals surface area contributed by atoms with E-state index in [1.807, 2.05) is 13.8 Å². The van der Waals surface area contributed by atoms with Gasteiger partial charge >= 0.3 is 0 Å². The van der Waals surface area contributed by atoms with Gasteiger partial charge in [0.05, 0.1) is 22.1 Å². The Bertz CT molecular complexity index is 555. The summed E-state index contributed by atoms with van der Waals surface area (Å²) in [6.07, 6.45) is -0.484. The molecule has 2 heterocycles. The van der Waals surface area contributed by atoms with Crippen molar-refractivity contribution in [2.24, 2.45) is 0 Å². The van der Waals surface area contributed by atoms with Gasteiger partial charge in [-0.1, -0.05) is 0 Å². The lowest BCUT2D eigenvalue weighted by Gasteiger charge is -2.41. The molecule has 8 heteroatoms. The second kappa shape index (κ2) is 5.42. The van der Waals surface area contributed by atoms with Gasteiger partial charge in [-0.15, -0.1) is 11.3 Å². The SMILES string of the molecule is CC1(C)CN(S(=O)(=O)c2ccc(Br)s2)CC(CO)O1. The number of morpholine rings is 1. The molecule has 19 heavy (non-hydrogen) atoms. The molecule has 1 aromatic rings. The lowest BCUT2D eigenvalue weighted by atomic mass is 10.1.